The van der Waals surface area contributed by atoms with Gasteiger partial charge in [0.25, 0.3) is 0 Å². The largest absolute Gasteiger partial charge is 0.380 e. The minimum Gasteiger partial charge on any atom is -0.380 e. The molecule has 3 aromatic rings. The lowest BCUT2D eigenvalue weighted by atomic mass is 10.1. The molecule has 0 aliphatic rings. The summed E-state index contributed by atoms with van der Waals surface area (Å²) in [6.45, 7) is 2.79. The highest BCUT2D eigenvalue weighted by molar-refractivity contribution is 5.93. The maximum atomic E-state index is 8.81. The number of hydrogen-bond acceptors (Lipinski definition) is 3. The standard InChI is InChI=1S/C18H15N3/c1-13-4-9-17(16-3-2-10-20-18(13)16)21-12-15-7-5-14(11-19)6-8-15/h2-10,21H,12H2,1H3. The number of hydrogen-bond donors (Lipinski definition) is 1. The van der Waals surface area contributed by atoms with E-state index in [9.17, 15) is 0 Å². The Kier molecular flexibility index (Phi) is 3.53. The lowest BCUT2D eigenvalue weighted by Gasteiger charge is -2.11. The van der Waals surface area contributed by atoms with E-state index in [1.54, 1.807) is 0 Å². The van der Waals surface area contributed by atoms with Crippen molar-refractivity contribution >= 4 is 16.6 Å². The normalized spacial score (nSPS) is 10.3. The van der Waals surface area contributed by atoms with Gasteiger partial charge < -0.3 is 5.32 Å². The second-order valence-electron chi connectivity index (χ2n) is 4.99. The lowest BCUT2D eigenvalue weighted by Crippen LogP contribution is -2.00. The molecule has 0 amide bonds. The van der Waals surface area contributed by atoms with Gasteiger partial charge in [0.2, 0.25) is 0 Å². The van der Waals surface area contributed by atoms with E-state index in [1.165, 1.54) is 5.56 Å². The van der Waals surface area contributed by atoms with Gasteiger partial charge in [-0.05, 0) is 48.4 Å². The minimum absolute atomic E-state index is 0.684. The van der Waals surface area contributed by atoms with Gasteiger partial charge >= 0.3 is 0 Å². The van der Waals surface area contributed by atoms with Gasteiger partial charge in [-0.25, -0.2) is 0 Å². The van der Waals surface area contributed by atoms with Gasteiger partial charge in [-0.2, -0.15) is 5.26 Å². The van der Waals surface area contributed by atoms with Crippen LogP contribution in [0.4, 0.5) is 5.69 Å². The first-order valence-corrected chi connectivity index (χ1v) is 6.85. The molecular weight excluding hydrogens is 258 g/mol. The number of pyridine rings is 1. The van der Waals surface area contributed by atoms with Crippen molar-refractivity contribution < 1.29 is 0 Å². The predicted octanol–water partition coefficient (Wildman–Crippen LogP) is 4.03. The molecule has 0 bridgehead atoms. The molecular formula is C18H15N3. The molecule has 1 N–H and O–H groups in total. The Morgan fingerprint density at radius 2 is 1.90 bits per heavy atom. The molecule has 0 radical (unpaired) electrons. The van der Waals surface area contributed by atoms with Crippen molar-refractivity contribution in [1.29, 1.82) is 5.26 Å². The average molecular weight is 273 g/mol. The van der Waals surface area contributed by atoms with Gasteiger partial charge in [-0.1, -0.05) is 18.2 Å². The molecule has 0 fully saturated rings. The molecule has 0 saturated heterocycles. The zero-order valence-corrected chi connectivity index (χ0v) is 11.8. The fourth-order valence-corrected chi connectivity index (χ4v) is 2.36. The van der Waals surface area contributed by atoms with Crippen LogP contribution in [0.5, 0.6) is 0 Å². The maximum absolute atomic E-state index is 8.81. The molecule has 102 valence electrons. The third-order valence-electron chi connectivity index (χ3n) is 3.54. The number of nitrogens with one attached hydrogen (secondary N) is 1. The van der Waals surface area contributed by atoms with Crippen LogP contribution in [0.15, 0.2) is 54.7 Å². The molecule has 0 spiro atoms. The van der Waals surface area contributed by atoms with Crippen LogP contribution < -0.4 is 5.32 Å². The van der Waals surface area contributed by atoms with E-state index >= 15 is 0 Å². The number of aryl methyl sites for hydroxylation is 1. The molecule has 0 saturated carbocycles. The fourth-order valence-electron chi connectivity index (χ4n) is 2.36. The highest BCUT2D eigenvalue weighted by Crippen LogP contribution is 2.24. The van der Waals surface area contributed by atoms with Gasteiger partial charge in [-0.15, -0.1) is 0 Å². The first-order valence-electron chi connectivity index (χ1n) is 6.85. The van der Waals surface area contributed by atoms with E-state index in [0.29, 0.717) is 5.56 Å². The van der Waals surface area contributed by atoms with E-state index in [-0.39, 0.29) is 0 Å². The quantitative estimate of drug-likeness (QED) is 0.783. The first-order chi connectivity index (χ1) is 10.3. The van der Waals surface area contributed by atoms with Gasteiger partial charge in [0.05, 0.1) is 17.1 Å². The summed E-state index contributed by atoms with van der Waals surface area (Å²) in [6.07, 6.45) is 1.82. The predicted molar refractivity (Wildman–Crippen MR) is 85.0 cm³/mol. The molecule has 0 atom stereocenters. The Balaban J connectivity index is 1.85. The van der Waals surface area contributed by atoms with Crippen molar-refractivity contribution in [3.63, 3.8) is 0 Å². The molecule has 2 aromatic carbocycles. The van der Waals surface area contributed by atoms with Crippen LogP contribution in [0, 0.1) is 18.3 Å². The Labute approximate surface area is 123 Å². The highest BCUT2D eigenvalue weighted by Gasteiger charge is 2.04. The molecule has 3 rings (SSSR count). The second kappa shape index (κ2) is 5.64. The van der Waals surface area contributed by atoms with Crippen LogP contribution in [0.25, 0.3) is 10.9 Å². The highest BCUT2D eigenvalue weighted by atomic mass is 14.9. The van der Waals surface area contributed by atoms with E-state index in [4.69, 9.17) is 5.26 Å². The van der Waals surface area contributed by atoms with E-state index < -0.39 is 0 Å². The van der Waals surface area contributed by atoms with Gasteiger partial charge in [0.1, 0.15) is 0 Å². The summed E-state index contributed by atoms with van der Waals surface area (Å²) in [7, 11) is 0. The Bertz CT molecular complexity index is 814. The van der Waals surface area contributed by atoms with Crippen LogP contribution in [0.3, 0.4) is 0 Å². The summed E-state index contributed by atoms with van der Waals surface area (Å²) in [4.78, 5) is 4.44. The molecule has 0 unspecified atom stereocenters. The second-order valence-corrected chi connectivity index (χ2v) is 4.99. The number of benzene rings is 2. The summed E-state index contributed by atoms with van der Waals surface area (Å²) in [5, 5.41) is 13.4. The van der Waals surface area contributed by atoms with Gasteiger partial charge in [0.15, 0.2) is 0 Å². The molecule has 1 heterocycles. The smallest absolute Gasteiger partial charge is 0.0991 e. The lowest BCUT2D eigenvalue weighted by molar-refractivity contribution is 1.15. The zero-order chi connectivity index (χ0) is 14.7. The number of aromatic nitrogens is 1. The van der Waals surface area contributed by atoms with Crippen molar-refractivity contribution in [1.82, 2.24) is 4.98 Å². The third-order valence-corrected chi connectivity index (χ3v) is 3.54. The first kappa shape index (κ1) is 13.1. The maximum Gasteiger partial charge on any atom is 0.0991 e. The number of anilines is 1. The van der Waals surface area contributed by atoms with E-state index in [1.807, 2.05) is 36.5 Å². The topological polar surface area (TPSA) is 48.7 Å². The minimum atomic E-state index is 0.684. The van der Waals surface area contributed by atoms with E-state index in [2.05, 4.69) is 41.5 Å². The Morgan fingerprint density at radius 1 is 1.10 bits per heavy atom. The van der Waals surface area contributed by atoms with Crippen molar-refractivity contribution in [2.75, 3.05) is 5.32 Å². The van der Waals surface area contributed by atoms with Crippen LogP contribution in [0.2, 0.25) is 0 Å². The third kappa shape index (κ3) is 2.70. The van der Waals surface area contributed by atoms with Crippen molar-refractivity contribution in [2.45, 2.75) is 13.5 Å². The number of rotatable bonds is 3. The molecule has 3 heteroatoms. The van der Waals surface area contributed by atoms with Crippen LogP contribution in [-0.2, 0) is 6.54 Å². The van der Waals surface area contributed by atoms with Crippen LogP contribution in [-0.4, -0.2) is 4.98 Å². The number of nitriles is 1. The molecule has 0 aliphatic carbocycles. The van der Waals surface area contributed by atoms with Crippen LogP contribution in [0.1, 0.15) is 16.7 Å². The van der Waals surface area contributed by atoms with Crippen LogP contribution >= 0.6 is 0 Å². The van der Waals surface area contributed by atoms with Gasteiger partial charge in [-0.3, -0.25) is 4.98 Å². The molecule has 0 aliphatic heterocycles. The number of nitrogens with zero attached hydrogens (tertiary/aromatic N) is 2. The average Bonchev–Trinajstić information content (AvgIpc) is 2.55. The fraction of sp³-hybridized carbons (Fsp3) is 0.111. The van der Waals surface area contributed by atoms with Crippen molar-refractivity contribution in [2.24, 2.45) is 0 Å². The number of fused-ring (bicyclic) bond motifs is 1. The van der Waals surface area contributed by atoms with Crippen molar-refractivity contribution in [3.05, 3.63) is 71.4 Å². The molecule has 1 aromatic heterocycles. The monoisotopic (exact) mass is 273 g/mol. The Morgan fingerprint density at radius 3 is 2.67 bits per heavy atom. The summed E-state index contributed by atoms with van der Waals surface area (Å²) in [5.74, 6) is 0. The summed E-state index contributed by atoms with van der Waals surface area (Å²) >= 11 is 0. The zero-order valence-electron chi connectivity index (χ0n) is 11.8. The SMILES string of the molecule is Cc1ccc(NCc2ccc(C#N)cc2)c2cccnc12. The van der Waals surface area contributed by atoms with E-state index in [0.717, 1.165) is 28.7 Å². The molecule has 3 nitrogen and oxygen atoms in total. The molecule has 21 heavy (non-hydrogen) atoms. The van der Waals surface area contributed by atoms with Crippen molar-refractivity contribution in [3.8, 4) is 6.07 Å². The van der Waals surface area contributed by atoms with Gasteiger partial charge in [0, 0.05) is 23.8 Å². The Hall–Kier alpha value is -2.86. The summed E-state index contributed by atoms with van der Waals surface area (Å²) in [5.41, 5.74) is 5.11. The summed E-state index contributed by atoms with van der Waals surface area (Å²) in [6, 6.07) is 18.0. The summed E-state index contributed by atoms with van der Waals surface area (Å²) < 4.78 is 0.